The number of fused-ring (bicyclic) bond motifs is 10. The first-order valence-corrected chi connectivity index (χ1v) is 27.0. The molecule has 3 heterocycles. The topological polar surface area (TPSA) is 6.48 Å². The molecule has 7 aromatic rings. The molecule has 2 aliphatic heterocycles. The van der Waals surface area contributed by atoms with Crippen molar-refractivity contribution in [1.82, 2.24) is 0 Å². The van der Waals surface area contributed by atoms with Crippen LogP contribution in [0.5, 0.6) is 0 Å². The molecular formula is C65H75BN2S. The van der Waals surface area contributed by atoms with E-state index in [4.69, 9.17) is 0 Å². The van der Waals surface area contributed by atoms with Crippen molar-refractivity contribution in [3.63, 3.8) is 0 Å². The lowest BCUT2D eigenvalue weighted by atomic mass is 9.32. The molecule has 4 heteroatoms. The Morgan fingerprint density at radius 1 is 0.449 bits per heavy atom. The fraction of sp³-hybridized carbons (Fsp3) is 0.446. The molecule has 5 aliphatic rings. The van der Waals surface area contributed by atoms with E-state index < -0.39 is 6.85 Å². The monoisotopic (exact) mass is 930 g/mol. The first-order valence-electron chi connectivity index (χ1n) is 27.7. The zero-order valence-electron chi connectivity index (χ0n) is 47.3. The highest BCUT2D eigenvalue weighted by molar-refractivity contribution is 7.25. The smallest absolute Gasteiger partial charge is 0.252 e. The maximum Gasteiger partial charge on any atom is 0.252 e. The summed E-state index contributed by atoms with van der Waals surface area (Å²) in [4.78, 5) is 4.99. The van der Waals surface area contributed by atoms with E-state index in [1.807, 2.05) is 17.4 Å². The summed E-state index contributed by atoms with van der Waals surface area (Å²) in [7, 11) is 0. The Morgan fingerprint density at radius 3 is 1.33 bits per heavy atom. The lowest BCUT2D eigenvalue weighted by Crippen LogP contribution is -2.62. The Labute approximate surface area is 423 Å². The van der Waals surface area contributed by atoms with Gasteiger partial charge < -0.3 is 9.80 Å². The minimum Gasteiger partial charge on any atom is -0.311 e. The van der Waals surface area contributed by atoms with Gasteiger partial charge in [0.25, 0.3) is 6.71 Å². The minimum absolute atomic E-state index is 0.0148. The van der Waals surface area contributed by atoms with E-state index in [9.17, 15) is 4.11 Å². The summed E-state index contributed by atoms with van der Waals surface area (Å²) >= 11 is 1.87. The van der Waals surface area contributed by atoms with Crippen LogP contribution in [0.1, 0.15) is 191 Å². The molecule has 0 amide bonds. The molecule has 0 N–H and O–H groups in total. The summed E-state index contributed by atoms with van der Waals surface area (Å²) in [6, 6.07) is 35.7. The molecule has 2 nitrogen and oxygen atoms in total. The summed E-state index contributed by atoms with van der Waals surface area (Å²) < 4.78 is 30.3. The van der Waals surface area contributed by atoms with Crippen molar-refractivity contribution in [2.75, 3.05) is 9.80 Å². The molecule has 0 saturated heterocycles. The van der Waals surface area contributed by atoms with Crippen molar-refractivity contribution in [3.8, 4) is 0 Å². The summed E-state index contributed by atoms with van der Waals surface area (Å²) in [6.07, 6.45) is 6.71. The van der Waals surface area contributed by atoms with Crippen LogP contribution in [-0.2, 0) is 37.9 Å². The van der Waals surface area contributed by atoms with Gasteiger partial charge in [-0.3, -0.25) is 0 Å². The summed E-state index contributed by atoms with van der Waals surface area (Å²) in [6.45, 7) is 33.6. The summed E-state index contributed by atoms with van der Waals surface area (Å²) in [5.41, 5.74) is 20.5. The number of thiophene rings is 1. The molecule has 0 fully saturated rings. The van der Waals surface area contributed by atoms with Gasteiger partial charge >= 0.3 is 0 Å². The van der Waals surface area contributed by atoms with E-state index in [1.54, 1.807) is 0 Å². The average Bonchev–Trinajstić information content (AvgIpc) is 3.67. The molecular weight excluding hydrogens is 852 g/mol. The predicted molar refractivity (Wildman–Crippen MR) is 303 cm³/mol. The highest BCUT2D eigenvalue weighted by atomic mass is 32.1. The van der Waals surface area contributed by atoms with Gasteiger partial charge in [-0.15, -0.1) is 11.3 Å². The quantitative estimate of drug-likeness (QED) is 0.159. The number of anilines is 6. The van der Waals surface area contributed by atoms with Gasteiger partial charge in [0, 0.05) is 58.4 Å². The zero-order chi connectivity index (χ0) is 51.4. The fourth-order valence-electron chi connectivity index (χ4n) is 13.8. The van der Waals surface area contributed by atoms with E-state index in [-0.39, 0.29) is 44.6 Å². The average molecular weight is 930 g/mol. The van der Waals surface area contributed by atoms with Crippen molar-refractivity contribution >= 4 is 88.7 Å². The Bertz CT molecular complexity index is 3480. The van der Waals surface area contributed by atoms with Crippen LogP contribution < -0.4 is 26.2 Å². The summed E-state index contributed by atoms with van der Waals surface area (Å²) in [5.74, 6) is 0. The molecule has 354 valence electrons. The van der Waals surface area contributed by atoms with Crippen LogP contribution in [0.2, 0.25) is 0 Å². The van der Waals surface area contributed by atoms with Crippen LogP contribution in [-0.4, -0.2) is 6.71 Å². The van der Waals surface area contributed by atoms with Crippen LogP contribution in [0.4, 0.5) is 34.1 Å². The third-order valence-corrected chi connectivity index (χ3v) is 19.8. The lowest BCUT2D eigenvalue weighted by Gasteiger charge is -2.49. The molecule has 0 atom stereocenters. The van der Waals surface area contributed by atoms with Crippen LogP contribution >= 0.6 is 11.3 Å². The molecule has 0 spiro atoms. The molecule has 69 heavy (non-hydrogen) atoms. The number of rotatable bonds is 2. The van der Waals surface area contributed by atoms with Crippen LogP contribution in [0.3, 0.4) is 0 Å². The molecule has 0 bridgehead atoms. The Kier molecular flexibility index (Phi) is 8.63. The normalized spacial score (nSPS) is 21.6. The highest BCUT2D eigenvalue weighted by Gasteiger charge is 2.49. The Balaban J connectivity index is 1.22. The first kappa shape index (κ1) is 41.9. The first-order chi connectivity index (χ1) is 33.4. The van der Waals surface area contributed by atoms with Crippen LogP contribution in [0.15, 0.2) is 91.0 Å². The van der Waals surface area contributed by atoms with Gasteiger partial charge in [0.05, 0.1) is 0 Å². The van der Waals surface area contributed by atoms with E-state index in [0.717, 1.165) is 67.0 Å². The van der Waals surface area contributed by atoms with E-state index in [2.05, 4.69) is 199 Å². The van der Waals surface area contributed by atoms with Crippen molar-refractivity contribution < 1.29 is 4.11 Å². The van der Waals surface area contributed by atoms with Gasteiger partial charge in [-0.1, -0.05) is 140 Å². The van der Waals surface area contributed by atoms with E-state index in [0.29, 0.717) is 5.56 Å². The van der Waals surface area contributed by atoms with Crippen molar-refractivity contribution in [2.45, 2.75) is 187 Å². The number of hydrogen-bond acceptors (Lipinski definition) is 3. The fourth-order valence-corrected chi connectivity index (χ4v) is 14.9. The number of hydrogen-bond donors (Lipinski definition) is 0. The van der Waals surface area contributed by atoms with Gasteiger partial charge in [-0.25, -0.2) is 0 Å². The number of aryl methyl sites for hydroxylation is 1. The third-order valence-electron chi connectivity index (χ3n) is 18.7. The molecule has 0 unspecified atom stereocenters. The Morgan fingerprint density at radius 2 is 0.855 bits per heavy atom. The maximum atomic E-state index is 9.25. The standard InChI is InChI=1S/C65H75BN2S/c1-38-29-54-58-55(30-38)68(41-18-21-43-42-20-17-39(59(2,3)4)31-56(42)69-57(43)33-41)53-37-49-47(63(11,12)26-28-65(49,15)16)35-51(53)66(58)50-34-46-48(64(13,14)27-25-62(46,9)10)36-52(50)67(54)40-19-22-44-45(32-40)61(7,8)24-23-60(44,5)6/h17-22,29-37H,23-28H2,1-16H3/i1D3. The minimum atomic E-state index is -2.36. The second-order valence-corrected chi connectivity index (χ2v) is 28.3. The van der Waals surface area contributed by atoms with E-state index >= 15 is 0 Å². The highest BCUT2D eigenvalue weighted by Crippen LogP contribution is 2.55. The number of nitrogens with zero attached hydrogens (tertiary/aromatic N) is 2. The number of benzene rings is 6. The van der Waals surface area contributed by atoms with Crippen molar-refractivity contribution in [1.29, 1.82) is 0 Å². The SMILES string of the molecule is [2H]C([2H])([2H])c1cc2c3c(c1)N(c1ccc4c(c1)sc1cc(C(C)(C)C)ccc14)c1cc4c(cc1B3c1cc3c(cc1N2c1ccc2c(c1)C(C)(C)CCC2(C)C)C(C)(C)CCC3(C)C)C(C)(C)CCC4(C)C. The lowest BCUT2D eigenvalue weighted by molar-refractivity contribution is 0.332. The van der Waals surface area contributed by atoms with Crippen LogP contribution in [0.25, 0.3) is 20.2 Å². The van der Waals surface area contributed by atoms with Crippen LogP contribution in [0, 0.1) is 6.85 Å². The molecule has 3 aliphatic carbocycles. The molecule has 0 saturated carbocycles. The summed E-state index contributed by atoms with van der Waals surface area (Å²) in [5, 5.41) is 2.54. The molecule has 12 rings (SSSR count). The maximum absolute atomic E-state index is 9.25. The van der Waals surface area contributed by atoms with Gasteiger partial charge in [-0.05, 0) is 199 Å². The second-order valence-electron chi connectivity index (χ2n) is 27.2. The molecule has 1 aromatic heterocycles. The molecule has 0 radical (unpaired) electrons. The zero-order valence-corrected chi connectivity index (χ0v) is 45.1. The van der Waals surface area contributed by atoms with Gasteiger partial charge in [0.2, 0.25) is 0 Å². The third kappa shape index (κ3) is 6.61. The Hall–Kier alpha value is -4.80. The van der Waals surface area contributed by atoms with E-state index in [1.165, 1.54) is 81.2 Å². The molecule has 6 aromatic carbocycles. The van der Waals surface area contributed by atoms with Crippen molar-refractivity contribution in [3.05, 3.63) is 136 Å². The van der Waals surface area contributed by atoms with Gasteiger partial charge in [-0.2, -0.15) is 0 Å². The predicted octanol–water partition coefficient (Wildman–Crippen LogP) is 16.8. The van der Waals surface area contributed by atoms with Crippen molar-refractivity contribution in [2.24, 2.45) is 0 Å². The van der Waals surface area contributed by atoms with Gasteiger partial charge in [0.15, 0.2) is 0 Å². The second kappa shape index (κ2) is 14.2. The van der Waals surface area contributed by atoms with Gasteiger partial charge in [0.1, 0.15) is 0 Å². The largest absolute Gasteiger partial charge is 0.311 e.